The molecule has 3 rings (SSSR count). The first-order valence-electron chi connectivity index (χ1n) is 9.06. The molecular weight excluding hydrogens is 356 g/mol. The molecule has 1 N–H and O–H groups in total. The molecule has 1 aromatic heterocycles. The number of amides is 1. The van der Waals surface area contributed by atoms with E-state index in [0.29, 0.717) is 6.61 Å². The number of carbonyl (C=O) groups is 1. The third kappa shape index (κ3) is 5.17. The lowest BCUT2D eigenvalue weighted by molar-refractivity contribution is -0.115. The Kier molecular flexibility index (Phi) is 6.24. The van der Waals surface area contributed by atoms with E-state index in [1.54, 1.807) is 0 Å². The monoisotopic (exact) mass is 380 g/mol. The van der Waals surface area contributed by atoms with E-state index in [1.807, 2.05) is 61.7 Å². The van der Waals surface area contributed by atoms with Crippen molar-refractivity contribution in [3.8, 4) is 5.75 Å². The Hall–Kier alpha value is -2.66. The summed E-state index contributed by atoms with van der Waals surface area (Å²) in [5.41, 5.74) is 5.11. The first-order valence-corrected chi connectivity index (χ1v) is 9.94. The van der Waals surface area contributed by atoms with Crippen molar-refractivity contribution in [3.05, 3.63) is 75.2 Å². The second-order valence-electron chi connectivity index (χ2n) is 6.52. The van der Waals surface area contributed by atoms with Gasteiger partial charge >= 0.3 is 0 Å². The van der Waals surface area contributed by atoms with Crippen LogP contribution in [0, 0.1) is 13.8 Å². The number of nitrogens with one attached hydrogen (secondary N) is 1. The molecule has 0 spiro atoms. The third-order valence-electron chi connectivity index (χ3n) is 4.33. The van der Waals surface area contributed by atoms with E-state index in [-0.39, 0.29) is 12.3 Å². The molecule has 4 nitrogen and oxygen atoms in total. The summed E-state index contributed by atoms with van der Waals surface area (Å²) in [5, 5.41) is 5.83. The molecule has 2 aromatic carbocycles. The largest absolute Gasteiger partial charge is 0.486 e. The molecule has 27 heavy (non-hydrogen) atoms. The van der Waals surface area contributed by atoms with E-state index in [1.165, 1.54) is 16.9 Å². The van der Waals surface area contributed by atoms with E-state index in [0.717, 1.165) is 39.7 Å². The first-order chi connectivity index (χ1) is 13.0. The van der Waals surface area contributed by atoms with Crippen LogP contribution in [0.1, 0.15) is 34.3 Å². The average Bonchev–Trinajstić information content (AvgIpc) is 3.10. The van der Waals surface area contributed by atoms with E-state index in [9.17, 15) is 4.79 Å². The summed E-state index contributed by atoms with van der Waals surface area (Å²) >= 11 is 1.51. The highest BCUT2D eigenvalue weighted by atomic mass is 32.1. The number of hydrogen-bond donors (Lipinski definition) is 1. The molecule has 0 aliphatic rings. The van der Waals surface area contributed by atoms with Gasteiger partial charge in [-0.1, -0.05) is 42.8 Å². The van der Waals surface area contributed by atoms with Crippen molar-refractivity contribution in [3.63, 3.8) is 0 Å². The Morgan fingerprint density at radius 1 is 1.15 bits per heavy atom. The fourth-order valence-corrected chi connectivity index (χ4v) is 3.53. The Morgan fingerprint density at radius 3 is 2.67 bits per heavy atom. The van der Waals surface area contributed by atoms with Crippen molar-refractivity contribution in [1.29, 1.82) is 0 Å². The van der Waals surface area contributed by atoms with Gasteiger partial charge < -0.3 is 10.1 Å². The van der Waals surface area contributed by atoms with E-state index in [2.05, 4.69) is 17.2 Å². The van der Waals surface area contributed by atoms with E-state index < -0.39 is 0 Å². The predicted octanol–water partition coefficient (Wildman–Crippen LogP) is 5.08. The van der Waals surface area contributed by atoms with Gasteiger partial charge in [-0.2, -0.15) is 0 Å². The summed E-state index contributed by atoms with van der Waals surface area (Å²) in [5.74, 6) is 0.775. The number of ether oxygens (including phenoxy) is 1. The standard InChI is InChI=1S/C22H24N2O2S/c1-4-17-7-5-6-16(3)22(17)24-20(25)12-18-14-27-21(23-18)13-26-19-10-8-15(2)9-11-19/h5-11,14H,4,12-13H2,1-3H3,(H,24,25). The van der Waals surface area contributed by atoms with Gasteiger partial charge in [0.05, 0.1) is 12.1 Å². The van der Waals surface area contributed by atoms with Crippen molar-refractivity contribution in [2.75, 3.05) is 5.32 Å². The highest BCUT2D eigenvalue weighted by molar-refractivity contribution is 7.09. The second kappa shape index (κ2) is 8.82. The van der Waals surface area contributed by atoms with Crippen molar-refractivity contribution in [1.82, 2.24) is 4.98 Å². The SMILES string of the molecule is CCc1cccc(C)c1NC(=O)Cc1csc(COc2ccc(C)cc2)n1. The molecule has 0 aliphatic heterocycles. The topological polar surface area (TPSA) is 51.2 Å². The van der Waals surface area contributed by atoms with Crippen LogP contribution in [0.4, 0.5) is 5.69 Å². The summed E-state index contributed by atoms with van der Waals surface area (Å²) in [6.45, 7) is 6.55. The molecule has 3 aromatic rings. The fraction of sp³-hybridized carbons (Fsp3) is 0.273. The Bertz CT molecular complexity index is 916. The third-order valence-corrected chi connectivity index (χ3v) is 5.20. The van der Waals surface area contributed by atoms with Crippen LogP contribution in [0.15, 0.2) is 47.8 Å². The maximum atomic E-state index is 12.4. The highest BCUT2D eigenvalue weighted by Crippen LogP contribution is 2.22. The van der Waals surface area contributed by atoms with Gasteiger partial charge in [-0.25, -0.2) is 4.98 Å². The number of aryl methyl sites for hydroxylation is 3. The molecule has 0 unspecified atom stereocenters. The molecule has 0 aliphatic carbocycles. The van der Waals surface area contributed by atoms with E-state index >= 15 is 0 Å². The molecule has 5 heteroatoms. The highest BCUT2D eigenvalue weighted by Gasteiger charge is 2.12. The molecule has 1 amide bonds. The van der Waals surface area contributed by atoms with Gasteiger partial charge in [0, 0.05) is 11.1 Å². The quantitative estimate of drug-likeness (QED) is 0.622. The Morgan fingerprint density at radius 2 is 1.93 bits per heavy atom. The zero-order chi connectivity index (χ0) is 19.2. The molecule has 140 valence electrons. The summed E-state index contributed by atoms with van der Waals surface area (Å²) in [6, 6.07) is 14.0. The lowest BCUT2D eigenvalue weighted by Gasteiger charge is -2.12. The molecule has 0 fully saturated rings. The summed E-state index contributed by atoms with van der Waals surface area (Å²) in [4.78, 5) is 17.0. The predicted molar refractivity (Wildman–Crippen MR) is 111 cm³/mol. The zero-order valence-corrected chi connectivity index (χ0v) is 16.7. The smallest absolute Gasteiger partial charge is 0.230 e. The van der Waals surface area contributed by atoms with Crippen molar-refractivity contribution < 1.29 is 9.53 Å². The van der Waals surface area contributed by atoms with Crippen LogP contribution < -0.4 is 10.1 Å². The van der Waals surface area contributed by atoms with Gasteiger partial charge in [-0.3, -0.25) is 4.79 Å². The molecule has 0 saturated heterocycles. The maximum absolute atomic E-state index is 12.4. The Balaban J connectivity index is 1.57. The second-order valence-corrected chi connectivity index (χ2v) is 7.46. The number of benzene rings is 2. The van der Waals surface area contributed by atoms with Crippen LogP contribution in [-0.4, -0.2) is 10.9 Å². The lowest BCUT2D eigenvalue weighted by atomic mass is 10.1. The van der Waals surface area contributed by atoms with E-state index in [4.69, 9.17) is 4.74 Å². The minimum absolute atomic E-state index is 0.0460. The summed E-state index contributed by atoms with van der Waals surface area (Å²) < 4.78 is 5.75. The molecule has 0 bridgehead atoms. The minimum atomic E-state index is -0.0460. The molecule has 1 heterocycles. The van der Waals surface area contributed by atoms with Crippen molar-refractivity contribution in [2.24, 2.45) is 0 Å². The molecule has 0 saturated carbocycles. The average molecular weight is 381 g/mol. The van der Waals surface area contributed by atoms with Gasteiger partial charge in [0.1, 0.15) is 17.4 Å². The Labute approximate surface area is 164 Å². The minimum Gasteiger partial charge on any atom is -0.486 e. The number of hydrogen-bond acceptors (Lipinski definition) is 4. The van der Waals surface area contributed by atoms with Gasteiger partial charge in [-0.05, 0) is 43.5 Å². The van der Waals surface area contributed by atoms with Crippen LogP contribution in [-0.2, 0) is 24.2 Å². The van der Waals surface area contributed by atoms with Crippen LogP contribution in [0.2, 0.25) is 0 Å². The molecular formula is C22H24N2O2S. The summed E-state index contributed by atoms with van der Waals surface area (Å²) in [7, 11) is 0. The van der Waals surface area contributed by atoms with Crippen LogP contribution in [0.25, 0.3) is 0 Å². The normalized spacial score (nSPS) is 10.6. The number of nitrogens with zero attached hydrogens (tertiary/aromatic N) is 1. The summed E-state index contributed by atoms with van der Waals surface area (Å²) in [6.07, 6.45) is 1.15. The number of rotatable bonds is 7. The van der Waals surface area contributed by atoms with Gasteiger partial charge in [0.2, 0.25) is 5.91 Å². The molecule has 0 atom stereocenters. The van der Waals surface area contributed by atoms with Crippen molar-refractivity contribution in [2.45, 2.75) is 40.2 Å². The van der Waals surface area contributed by atoms with Gasteiger partial charge in [0.15, 0.2) is 0 Å². The zero-order valence-electron chi connectivity index (χ0n) is 15.9. The van der Waals surface area contributed by atoms with Crippen LogP contribution in [0.3, 0.4) is 0 Å². The number of anilines is 1. The number of thiazole rings is 1. The van der Waals surface area contributed by atoms with Crippen LogP contribution >= 0.6 is 11.3 Å². The van der Waals surface area contributed by atoms with Crippen LogP contribution in [0.5, 0.6) is 5.75 Å². The van der Waals surface area contributed by atoms with Gasteiger partial charge in [0.25, 0.3) is 0 Å². The fourth-order valence-electron chi connectivity index (χ4n) is 2.83. The molecule has 0 radical (unpaired) electrons. The maximum Gasteiger partial charge on any atom is 0.230 e. The first kappa shape index (κ1) is 19.1. The number of aromatic nitrogens is 1. The number of carbonyl (C=O) groups excluding carboxylic acids is 1. The number of para-hydroxylation sites is 1. The van der Waals surface area contributed by atoms with Gasteiger partial charge in [-0.15, -0.1) is 11.3 Å². The van der Waals surface area contributed by atoms with Crippen molar-refractivity contribution >= 4 is 22.9 Å². The lowest BCUT2D eigenvalue weighted by Crippen LogP contribution is -2.16.